The highest BCUT2D eigenvalue weighted by molar-refractivity contribution is 5.89. The zero-order valence-corrected chi connectivity index (χ0v) is 12.7. The predicted octanol–water partition coefficient (Wildman–Crippen LogP) is 1.73. The third-order valence-corrected chi connectivity index (χ3v) is 3.80. The maximum Gasteiger partial charge on any atom is 0.359 e. The number of carbonyl (C=O) groups is 2. The van der Waals surface area contributed by atoms with E-state index < -0.39 is 5.97 Å². The van der Waals surface area contributed by atoms with Crippen molar-refractivity contribution in [2.75, 3.05) is 6.61 Å². The highest BCUT2D eigenvalue weighted by Crippen LogP contribution is 2.22. The van der Waals surface area contributed by atoms with E-state index in [-0.39, 0.29) is 30.3 Å². The van der Waals surface area contributed by atoms with Gasteiger partial charge in [0, 0.05) is 18.3 Å². The van der Waals surface area contributed by atoms with Gasteiger partial charge < -0.3 is 9.64 Å². The van der Waals surface area contributed by atoms with Crippen molar-refractivity contribution in [2.24, 2.45) is 0 Å². The summed E-state index contributed by atoms with van der Waals surface area (Å²) in [5, 5.41) is 0. The molecule has 0 unspecified atom stereocenters. The summed E-state index contributed by atoms with van der Waals surface area (Å²) >= 11 is 0. The smallest absolute Gasteiger partial charge is 0.359 e. The van der Waals surface area contributed by atoms with Crippen molar-refractivity contribution < 1.29 is 14.3 Å². The summed E-state index contributed by atoms with van der Waals surface area (Å²) in [5.74, 6) is -0.767. The SMILES string of the molecule is Cc1cnc(C(=O)OCC(=O)N2[C@H](C)CCC[C@@H]2C)cn1. The minimum absolute atomic E-state index is 0.119. The monoisotopic (exact) mass is 291 g/mol. The van der Waals surface area contributed by atoms with Crippen LogP contribution in [0.4, 0.5) is 0 Å². The number of esters is 1. The quantitative estimate of drug-likeness (QED) is 0.793. The Balaban J connectivity index is 1.91. The first kappa shape index (κ1) is 15.4. The second kappa shape index (κ2) is 6.65. The Morgan fingerprint density at radius 3 is 2.48 bits per heavy atom. The van der Waals surface area contributed by atoms with Gasteiger partial charge in [-0.15, -0.1) is 0 Å². The molecule has 0 spiro atoms. The van der Waals surface area contributed by atoms with Crippen LogP contribution in [0.1, 0.15) is 49.3 Å². The van der Waals surface area contributed by atoms with Crippen molar-refractivity contribution in [3.8, 4) is 0 Å². The zero-order valence-electron chi connectivity index (χ0n) is 12.7. The molecule has 1 amide bonds. The normalized spacial score (nSPS) is 22.0. The minimum atomic E-state index is -0.617. The fraction of sp³-hybridized carbons (Fsp3) is 0.600. The van der Waals surface area contributed by atoms with Gasteiger partial charge in [-0.2, -0.15) is 0 Å². The van der Waals surface area contributed by atoms with Crippen LogP contribution in [0.3, 0.4) is 0 Å². The first-order valence-electron chi connectivity index (χ1n) is 7.26. The highest BCUT2D eigenvalue weighted by Gasteiger charge is 2.29. The molecule has 21 heavy (non-hydrogen) atoms. The fourth-order valence-corrected chi connectivity index (χ4v) is 2.69. The van der Waals surface area contributed by atoms with Crippen LogP contribution >= 0.6 is 0 Å². The van der Waals surface area contributed by atoms with Crippen LogP contribution in [0.2, 0.25) is 0 Å². The number of aryl methyl sites for hydroxylation is 1. The summed E-state index contributed by atoms with van der Waals surface area (Å²) in [6.07, 6.45) is 5.97. The van der Waals surface area contributed by atoms with E-state index in [9.17, 15) is 9.59 Å². The number of ether oxygens (including phenoxy) is 1. The van der Waals surface area contributed by atoms with Gasteiger partial charge in [0.25, 0.3) is 5.91 Å². The van der Waals surface area contributed by atoms with Gasteiger partial charge in [0.15, 0.2) is 12.3 Å². The van der Waals surface area contributed by atoms with E-state index >= 15 is 0 Å². The summed E-state index contributed by atoms with van der Waals surface area (Å²) in [6.45, 7) is 5.59. The molecule has 0 aliphatic carbocycles. The van der Waals surface area contributed by atoms with E-state index in [1.54, 1.807) is 6.92 Å². The second-order valence-corrected chi connectivity index (χ2v) is 5.55. The number of piperidine rings is 1. The lowest BCUT2D eigenvalue weighted by atomic mass is 9.97. The van der Waals surface area contributed by atoms with Gasteiger partial charge in [-0.25, -0.2) is 9.78 Å². The van der Waals surface area contributed by atoms with Crippen LogP contribution in [0.5, 0.6) is 0 Å². The van der Waals surface area contributed by atoms with Gasteiger partial charge in [-0.3, -0.25) is 9.78 Å². The Morgan fingerprint density at radius 1 is 1.24 bits per heavy atom. The summed E-state index contributed by atoms with van der Waals surface area (Å²) in [5.41, 5.74) is 0.840. The number of aromatic nitrogens is 2. The topological polar surface area (TPSA) is 72.4 Å². The molecule has 6 heteroatoms. The molecule has 1 aliphatic rings. The highest BCUT2D eigenvalue weighted by atomic mass is 16.5. The van der Waals surface area contributed by atoms with Crippen molar-refractivity contribution in [2.45, 2.75) is 52.1 Å². The summed E-state index contributed by atoms with van der Waals surface area (Å²) in [7, 11) is 0. The van der Waals surface area contributed by atoms with Crippen molar-refractivity contribution >= 4 is 11.9 Å². The molecule has 0 aromatic carbocycles. The van der Waals surface area contributed by atoms with Crippen LogP contribution in [0.15, 0.2) is 12.4 Å². The van der Waals surface area contributed by atoms with Crippen molar-refractivity contribution in [1.82, 2.24) is 14.9 Å². The molecule has 6 nitrogen and oxygen atoms in total. The third kappa shape index (κ3) is 3.77. The molecule has 2 heterocycles. The van der Waals surface area contributed by atoms with Crippen LogP contribution in [-0.4, -0.2) is 45.4 Å². The van der Waals surface area contributed by atoms with E-state index in [1.165, 1.54) is 12.4 Å². The van der Waals surface area contributed by atoms with Crippen molar-refractivity contribution in [3.05, 3.63) is 23.8 Å². The first-order chi connectivity index (χ1) is 9.99. The predicted molar refractivity (Wildman–Crippen MR) is 76.7 cm³/mol. The van der Waals surface area contributed by atoms with Crippen molar-refractivity contribution in [3.63, 3.8) is 0 Å². The summed E-state index contributed by atoms with van der Waals surface area (Å²) in [4.78, 5) is 33.8. The fourth-order valence-electron chi connectivity index (χ4n) is 2.69. The van der Waals surface area contributed by atoms with E-state index in [1.807, 2.05) is 18.7 Å². The molecule has 0 radical (unpaired) electrons. The second-order valence-electron chi connectivity index (χ2n) is 5.55. The largest absolute Gasteiger partial charge is 0.451 e. The van der Waals surface area contributed by atoms with Gasteiger partial charge >= 0.3 is 5.97 Å². The molecular formula is C15H21N3O3. The van der Waals surface area contributed by atoms with E-state index in [0.717, 1.165) is 25.0 Å². The Morgan fingerprint density at radius 2 is 1.90 bits per heavy atom. The number of likely N-dealkylation sites (tertiary alicyclic amines) is 1. The van der Waals surface area contributed by atoms with Gasteiger partial charge in [-0.05, 0) is 40.0 Å². The first-order valence-corrected chi connectivity index (χ1v) is 7.26. The van der Waals surface area contributed by atoms with Crippen LogP contribution in [0.25, 0.3) is 0 Å². The lowest BCUT2D eigenvalue weighted by Crippen LogP contribution is -2.49. The van der Waals surface area contributed by atoms with Gasteiger partial charge in [0.05, 0.1) is 11.9 Å². The van der Waals surface area contributed by atoms with Crippen LogP contribution in [0, 0.1) is 6.92 Å². The summed E-state index contributed by atoms with van der Waals surface area (Å²) < 4.78 is 5.05. The molecule has 1 aromatic heterocycles. The lowest BCUT2D eigenvalue weighted by molar-refractivity contribution is -0.140. The van der Waals surface area contributed by atoms with Gasteiger partial charge in [0.1, 0.15) is 0 Å². The minimum Gasteiger partial charge on any atom is -0.451 e. The van der Waals surface area contributed by atoms with Crippen molar-refractivity contribution in [1.29, 1.82) is 0 Å². The zero-order chi connectivity index (χ0) is 15.4. The summed E-state index contributed by atoms with van der Waals surface area (Å²) in [6, 6.07) is 0.387. The molecule has 0 saturated carbocycles. The molecule has 114 valence electrons. The Hall–Kier alpha value is -1.98. The van der Waals surface area contributed by atoms with E-state index in [2.05, 4.69) is 9.97 Å². The number of amides is 1. The molecule has 1 saturated heterocycles. The third-order valence-electron chi connectivity index (χ3n) is 3.80. The number of rotatable bonds is 3. The maximum atomic E-state index is 12.2. The Kier molecular flexibility index (Phi) is 4.88. The Bertz CT molecular complexity index is 505. The standard InChI is InChI=1S/C15H21N3O3/c1-10-7-17-13(8-16-10)15(20)21-9-14(19)18-11(2)5-4-6-12(18)3/h7-8,11-12H,4-6,9H2,1-3H3/t11-,12+. The van der Waals surface area contributed by atoms with E-state index in [4.69, 9.17) is 4.74 Å². The molecular weight excluding hydrogens is 270 g/mol. The molecule has 0 N–H and O–H groups in total. The van der Waals surface area contributed by atoms with E-state index in [0.29, 0.717) is 0 Å². The number of nitrogens with zero attached hydrogens (tertiary/aromatic N) is 3. The van der Waals surface area contributed by atoms with Crippen LogP contribution < -0.4 is 0 Å². The van der Waals surface area contributed by atoms with Gasteiger partial charge in [0.2, 0.25) is 0 Å². The van der Waals surface area contributed by atoms with Crippen LogP contribution in [-0.2, 0) is 9.53 Å². The maximum absolute atomic E-state index is 12.2. The Labute approximate surface area is 124 Å². The number of hydrogen-bond acceptors (Lipinski definition) is 5. The number of carbonyl (C=O) groups excluding carboxylic acids is 2. The molecule has 0 bridgehead atoms. The van der Waals surface area contributed by atoms with Gasteiger partial charge in [-0.1, -0.05) is 0 Å². The molecule has 2 atom stereocenters. The number of hydrogen-bond donors (Lipinski definition) is 0. The molecule has 2 rings (SSSR count). The molecule has 1 fully saturated rings. The average Bonchev–Trinajstić information content (AvgIpc) is 2.45. The average molecular weight is 291 g/mol. The molecule has 1 aliphatic heterocycles. The molecule has 1 aromatic rings. The lowest BCUT2D eigenvalue weighted by Gasteiger charge is -2.38.